The van der Waals surface area contributed by atoms with Crippen molar-refractivity contribution in [1.29, 1.82) is 0 Å². The van der Waals surface area contributed by atoms with Gasteiger partial charge in [0, 0.05) is 33.7 Å². The molecule has 1 aromatic heterocycles. The number of amides is 1. The van der Waals surface area contributed by atoms with Gasteiger partial charge in [0.2, 0.25) is 5.91 Å². The number of aryl methyl sites for hydroxylation is 1. The third-order valence-electron chi connectivity index (χ3n) is 3.60. The lowest BCUT2D eigenvalue weighted by molar-refractivity contribution is -0.143. The molecule has 0 bridgehead atoms. The molecule has 1 aromatic rings. The van der Waals surface area contributed by atoms with Crippen molar-refractivity contribution < 1.29 is 14.7 Å². The number of carboxylic acids is 1. The Hall–Kier alpha value is -0.880. The number of likely N-dealkylation sites (tertiary alicyclic amines) is 1. The van der Waals surface area contributed by atoms with E-state index in [1.165, 1.54) is 4.88 Å². The van der Waals surface area contributed by atoms with Gasteiger partial charge in [-0.1, -0.05) is 0 Å². The highest BCUT2D eigenvalue weighted by molar-refractivity contribution is 9.10. The van der Waals surface area contributed by atoms with Gasteiger partial charge in [-0.25, -0.2) is 0 Å². The Bertz CT molecular complexity index is 488. The molecular weight excluding hydrogens is 330 g/mol. The zero-order chi connectivity index (χ0) is 14.0. The molecule has 1 fully saturated rings. The summed E-state index contributed by atoms with van der Waals surface area (Å²) in [5.41, 5.74) is 0. The molecule has 6 heteroatoms. The van der Waals surface area contributed by atoms with Crippen LogP contribution in [0.5, 0.6) is 0 Å². The zero-order valence-electron chi connectivity index (χ0n) is 10.6. The Morgan fingerprint density at radius 3 is 2.84 bits per heavy atom. The first-order valence-corrected chi connectivity index (χ1v) is 7.91. The topological polar surface area (TPSA) is 57.6 Å². The second-order valence-corrected chi connectivity index (χ2v) is 6.70. The van der Waals surface area contributed by atoms with E-state index in [0.29, 0.717) is 19.4 Å². The van der Waals surface area contributed by atoms with E-state index >= 15 is 0 Å². The molecule has 2 atom stereocenters. The predicted molar refractivity (Wildman–Crippen MR) is 77.3 cm³/mol. The summed E-state index contributed by atoms with van der Waals surface area (Å²) in [5.74, 6) is -1.16. The lowest BCUT2D eigenvalue weighted by Crippen LogP contribution is -2.37. The molecular formula is C13H16BrNO3S. The molecule has 0 aromatic carbocycles. The second kappa shape index (κ2) is 6.05. The summed E-state index contributed by atoms with van der Waals surface area (Å²) in [4.78, 5) is 26.0. The maximum Gasteiger partial charge on any atom is 0.308 e. The first-order chi connectivity index (χ1) is 8.99. The largest absolute Gasteiger partial charge is 0.481 e. The van der Waals surface area contributed by atoms with Crippen LogP contribution in [0.1, 0.15) is 24.6 Å². The van der Waals surface area contributed by atoms with Crippen molar-refractivity contribution in [1.82, 2.24) is 4.90 Å². The van der Waals surface area contributed by atoms with E-state index in [2.05, 4.69) is 15.9 Å². The number of hydrogen-bond acceptors (Lipinski definition) is 3. The third-order valence-corrected chi connectivity index (χ3v) is 5.36. The van der Waals surface area contributed by atoms with Crippen LogP contribution in [-0.2, 0) is 16.0 Å². The van der Waals surface area contributed by atoms with Gasteiger partial charge in [0.05, 0.1) is 5.92 Å². The van der Waals surface area contributed by atoms with Gasteiger partial charge in [-0.05, 0) is 41.8 Å². The quantitative estimate of drug-likeness (QED) is 0.912. The number of thiophene rings is 1. The first kappa shape index (κ1) is 14.5. The van der Waals surface area contributed by atoms with Gasteiger partial charge in [0.15, 0.2) is 0 Å². The molecule has 4 nitrogen and oxygen atoms in total. The summed E-state index contributed by atoms with van der Waals surface area (Å²) < 4.78 is 1.04. The summed E-state index contributed by atoms with van der Waals surface area (Å²) in [6, 6.07) is 1.82. The average molecular weight is 346 g/mol. The van der Waals surface area contributed by atoms with Crippen LogP contribution in [-0.4, -0.2) is 34.5 Å². The fourth-order valence-electron chi connectivity index (χ4n) is 2.48. The van der Waals surface area contributed by atoms with Crippen LogP contribution >= 0.6 is 27.3 Å². The molecule has 1 N–H and O–H groups in total. The number of carboxylic acid groups (broad SMARTS) is 1. The van der Waals surface area contributed by atoms with Crippen molar-refractivity contribution in [2.24, 2.45) is 5.92 Å². The maximum atomic E-state index is 12.1. The molecule has 1 aliphatic heterocycles. The van der Waals surface area contributed by atoms with Crippen LogP contribution in [0.15, 0.2) is 15.9 Å². The van der Waals surface area contributed by atoms with Gasteiger partial charge in [-0.15, -0.1) is 11.3 Å². The number of hydrogen-bond donors (Lipinski definition) is 1. The smallest absolute Gasteiger partial charge is 0.308 e. The molecule has 2 heterocycles. The van der Waals surface area contributed by atoms with Gasteiger partial charge in [-0.3, -0.25) is 9.59 Å². The summed E-state index contributed by atoms with van der Waals surface area (Å²) >= 11 is 5.02. The normalized spacial score (nSPS) is 22.7. The van der Waals surface area contributed by atoms with Crippen molar-refractivity contribution in [2.75, 3.05) is 6.54 Å². The van der Waals surface area contributed by atoms with Crippen molar-refractivity contribution in [3.63, 3.8) is 0 Å². The molecule has 0 aliphatic carbocycles. The van der Waals surface area contributed by atoms with Crippen LogP contribution in [0.25, 0.3) is 0 Å². The van der Waals surface area contributed by atoms with E-state index < -0.39 is 11.9 Å². The Labute approximate surface area is 124 Å². The van der Waals surface area contributed by atoms with Crippen molar-refractivity contribution in [3.05, 3.63) is 20.8 Å². The lowest BCUT2D eigenvalue weighted by Gasteiger charge is -2.23. The number of carbonyl (C=O) groups excluding carboxylic acids is 1. The van der Waals surface area contributed by atoms with E-state index in [4.69, 9.17) is 5.11 Å². The molecule has 19 heavy (non-hydrogen) atoms. The van der Waals surface area contributed by atoms with Gasteiger partial charge in [-0.2, -0.15) is 0 Å². The Balaban J connectivity index is 1.89. The average Bonchev–Trinajstić information content (AvgIpc) is 2.92. The molecule has 1 amide bonds. The molecule has 2 unspecified atom stereocenters. The summed E-state index contributed by atoms with van der Waals surface area (Å²) in [6.45, 7) is 2.39. The number of aliphatic carboxylic acids is 1. The molecule has 0 radical (unpaired) electrons. The monoisotopic (exact) mass is 345 g/mol. The molecule has 1 saturated heterocycles. The maximum absolute atomic E-state index is 12.1. The van der Waals surface area contributed by atoms with Crippen LogP contribution in [0, 0.1) is 5.92 Å². The number of carbonyl (C=O) groups is 2. The molecule has 1 aliphatic rings. The fraction of sp³-hybridized carbons (Fsp3) is 0.538. The molecule has 104 valence electrons. The zero-order valence-corrected chi connectivity index (χ0v) is 13.0. The van der Waals surface area contributed by atoms with E-state index in [0.717, 1.165) is 10.9 Å². The number of rotatable bonds is 4. The highest BCUT2D eigenvalue weighted by Gasteiger charge is 2.37. The minimum atomic E-state index is -0.801. The van der Waals surface area contributed by atoms with Crippen molar-refractivity contribution >= 4 is 39.1 Å². The van der Waals surface area contributed by atoms with E-state index in [1.54, 1.807) is 16.2 Å². The van der Waals surface area contributed by atoms with Crippen LogP contribution in [0.2, 0.25) is 0 Å². The van der Waals surface area contributed by atoms with Crippen LogP contribution in [0.4, 0.5) is 0 Å². The summed E-state index contributed by atoms with van der Waals surface area (Å²) in [5, 5.41) is 11.1. The van der Waals surface area contributed by atoms with Crippen LogP contribution in [0.3, 0.4) is 0 Å². The predicted octanol–water partition coefficient (Wildman–Crippen LogP) is 2.76. The fourth-order valence-corrected chi connectivity index (χ4v) is 3.94. The van der Waals surface area contributed by atoms with Gasteiger partial charge < -0.3 is 10.0 Å². The minimum Gasteiger partial charge on any atom is -0.481 e. The minimum absolute atomic E-state index is 0.0563. The Kier molecular flexibility index (Phi) is 4.62. The van der Waals surface area contributed by atoms with Gasteiger partial charge in [0.1, 0.15) is 0 Å². The molecule has 0 spiro atoms. The van der Waals surface area contributed by atoms with E-state index in [9.17, 15) is 9.59 Å². The molecule has 0 saturated carbocycles. The van der Waals surface area contributed by atoms with Crippen LogP contribution < -0.4 is 0 Å². The summed E-state index contributed by atoms with van der Waals surface area (Å²) in [6.07, 6.45) is 1.73. The summed E-state index contributed by atoms with van der Waals surface area (Å²) in [7, 11) is 0. The number of halogens is 1. The lowest BCUT2D eigenvalue weighted by atomic mass is 10.0. The Morgan fingerprint density at radius 2 is 2.32 bits per heavy atom. The van der Waals surface area contributed by atoms with Crippen molar-refractivity contribution in [3.8, 4) is 0 Å². The molecule has 2 rings (SSSR count). The standard InChI is InChI=1S/C13H16BrNO3S/c1-8-11(13(17)18)4-5-15(8)12(16)3-2-10-6-9(14)7-19-10/h6-8,11H,2-5H2,1H3,(H,17,18). The van der Waals surface area contributed by atoms with E-state index in [-0.39, 0.29) is 11.9 Å². The number of nitrogens with zero attached hydrogens (tertiary/aromatic N) is 1. The van der Waals surface area contributed by atoms with Crippen molar-refractivity contribution in [2.45, 2.75) is 32.2 Å². The highest BCUT2D eigenvalue weighted by atomic mass is 79.9. The first-order valence-electron chi connectivity index (χ1n) is 6.24. The van der Waals surface area contributed by atoms with Gasteiger partial charge >= 0.3 is 5.97 Å². The third kappa shape index (κ3) is 3.36. The van der Waals surface area contributed by atoms with Gasteiger partial charge in [0.25, 0.3) is 0 Å². The van der Waals surface area contributed by atoms with E-state index in [1.807, 2.05) is 18.4 Å². The SMILES string of the molecule is CC1C(C(=O)O)CCN1C(=O)CCc1cc(Br)cs1. The second-order valence-electron chi connectivity index (χ2n) is 4.79. The Morgan fingerprint density at radius 1 is 1.58 bits per heavy atom. The highest BCUT2D eigenvalue weighted by Crippen LogP contribution is 2.26.